The molecule has 0 unspecified atom stereocenters. The third-order valence-electron chi connectivity index (χ3n) is 3.21. The minimum absolute atomic E-state index is 0.0654. The van der Waals surface area contributed by atoms with Crippen LogP contribution >= 0.6 is 23.2 Å². The first-order chi connectivity index (χ1) is 10.1. The van der Waals surface area contributed by atoms with E-state index in [-0.39, 0.29) is 17.4 Å². The molecule has 1 aliphatic rings. The summed E-state index contributed by atoms with van der Waals surface area (Å²) in [6.45, 7) is 0. The molecule has 0 saturated carbocycles. The first-order valence-corrected chi connectivity index (χ1v) is 6.92. The van der Waals surface area contributed by atoms with Crippen molar-refractivity contribution in [3.8, 4) is 0 Å². The van der Waals surface area contributed by atoms with Crippen LogP contribution < -0.4 is 5.32 Å². The van der Waals surface area contributed by atoms with Gasteiger partial charge < -0.3 is 5.32 Å². The molecule has 0 atom stereocenters. The minimum Gasteiger partial charge on any atom is -0.321 e. The van der Waals surface area contributed by atoms with Crippen LogP contribution in [0.15, 0.2) is 36.5 Å². The number of aromatic nitrogens is 1. The van der Waals surface area contributed by atoms with Crippen LogP contribution in [0.25, 0.3) is 5.57 Å². The minimum atomic E-state index is -0.469. The lowest BCUT2D eigenvalue weighted by Gasteiger charge is -2.02. The normalized spacial score (nSPS) is 15.2. The van der Waals surface area contributed by atoms with E-state index in [1.54, 1.807) is 24.3 Å². The third-order valence-corrected chi connectivity index (χ3v) is 3.71. The summed E-state index contributed by atoms with van der Waals surface area (Å²) in [6.07, 6.45) is 3.44. The Morgan fingerprint density at radius 2 is 2.14 bits per heavy atom. The van der Waals surface area contributed by atoms with Crippen LogP contribution in [0.3, 0.4) is 0 Å². The fourth-order valence-corrected chi connectivity index (χ4v) is 2.53. The summed E-state index contributed by atoms with van der Waals surface area (Å²) in [5, 5.41) is 3.07. The number of amides is 1. The number of fused-ring (bicyclic) bond motifs is 1. The molecule has 1 aliphatic heterocycles. The van der Waals surface area contributed by atoms with E-state index in [2.05, 4.69) is 10.3 Å². The fourth-order valence-electron chi connectivity index (χ4n) is 2.18. The highest BCUT2D eigenvalue weighted by atomic mass is 35.5. The maximum absolute atomic E-state index is 13.8. The second-order valence-electron chi connectivity index (χ2n) is 4.54. The number of anilines is 1. The van der Waals surface area contributed by atoms with Gasteiger partial charge >= 0.3 is 0 Å². The Labute approximate surface area is 130 Å². The average molecular weight is 323 g/mol. The van der Waals surface area contributed by atoms with E-state index in [1.807, 2.05) is 0 Å². The molecule has 0 fully saturated rings. The molecule has 0 spiro atoms. The summed E-state index contributed by atoms with van der Waals surface area (Å²) < 4.78 is 13.8. The van der Waals surface area contributed by atoms with Crippen LogP contribution in [-0.4, -0.2) is 10.9 Å². The number of allylic oxidation sites excluding steroid dienone is 1. The first-order valence-electron chi connectivity index (χ1n) is 6.16. The van der Waals surface area contributed by atoms with Crippen molar-refractivity contribution >= 4 is 40.4 Å². The number of carbonyl (C=O) groups excluding carboxylic acids is 1. The van der Waals surface area contributed by atoms with E-state index in [9.17, 15) is 9.18 Å². The van der Waals surface area contributed by atoms with Gasteiger partial charge in [0, 0.05) is 17.3 Å². The molecule has 2 heterocycles. The quantitative estimate of drug-likeness (QED) is 0.668. The van der Waals surface area contributed by atoms with Crippen LogP contribution in [0.2, 0.25) is 10.2 Å². The van der Waals surface area contributed by atoms with Crippen LogP contribution in [0.4, 0.5) is 10.1 Å². The van der Waals surface area contributed by atoms with Crippen LogP contribution in [-0.2, 0) is 11.2 Å². The standard InChI is InChI=1S/C15H9Cl2FN2O/c16-11-3-1-2-8(14(11)18)4-5-9-10-7-19-13(17)6-12(10)20-15(9)21/h1-3,5-7H,4H2,(H,20,21)/b9-5+. The van der Waals surface area contributed by atoms with Gasteiger partial charge in [-0.3, -0.25) is 4.79 Å². The molecule has 0 radical (unpaired) electrons. The molecule has 1 aromatic carbocycles. The monoisotopic (exact) mass is 322 g/mol. The summed E-state index contributed by atoms with van der Waals surface area (Å²) in [6, 6.07) is 6.36. The molecule has 0 saturated heterocycles. The van der Waals surface area contributed by atoms with E-state index in [4.69, 9.17) is 23.2 Å². The molecule has 6 heteroatoms. The van der Waals surface area contributed by atoms with Crippen molar-refractivity contribution in [3.05, 3.63) is 63.7 Å². The summed E-state index contributed by atoms with van der Waals surface area (Å²) in [5.41, 5.74) is 2.15. The van der Waals surface area contributed by atoms with Crippen molar-refractivity contribution in [2.45, 2.75) is 6.42 Å². The SMILES string of the molecule is O=C1Nc2cc(Cl)ncc2/C1=C\Cc1cccc(Cl)c1F. The van der Waals surface area contributed by atoms with Gasteiger partial charge in [0.25, 0.3) is 5.91 Å². The number of pyridine rings is 1. The number of hydrogen-bond acceptors (Lipinski definition) is 2. The Bertz CT molecular complexity index is 774. The number of benzene rings is 1. The molecule has 0 bridgehead atoms. The highest BCUT2D eigenvalue weighted by molar-refractivity contribution is 6.33. The predicted octanol–water partition coefficient (Wildman–Crippen LogP) is 4.11. The Kier molecular flexibility index (Phi) is 3.66. The largest absolute Gasteiger partial charge is 0.321 e. The highest BCUT2D eigenvalue weighted by Crippen LogP contribution is 2.33. The van der Waals surface area contributed by atoms with Gasteiger partial charge in [0.1, 0.15) is 11.0 Å². The number of hydrogen-bond donors (Lipinski definition) is 1. The number of carbonyl (C=O) groups is 1. The van der Waals surface area contributed by atoms with Crippen molar-refractivity contribution in [2.75, 3.05) is 5.32 Å². The zero-order valence-electron chi connectivity index (χ0n) is 10.7. The molecule has 1 aromatic heterocycles. The lowest BCUT2D eigenvalue weighted by Crippen LogP contribution is -2.04. The predicted molar refractivity (Wildman–Crippen MR) is 81.0 cm³/mol. The Morgan fingerprint density at radius 3 is 2.95 bits per heavy atom. The van der Waals surface area contributed by atoms with Gasteiger partial charge in [-0.25, -0.2) is 9.37 Å². The van der Waals surface area contributed by atoms with E-state index < -0.39 is 5.82 Å². The van der Waals surface area contributed by atoms with E-state index in [1.165, 1.54) is 12.3 Å². The highest BCUT2D eigenvalue weighted by Gasteiger charge is 2.24. The fraction of sp³-hybridized carbons (Fsp3) is 0.0667. The van der Waals surface area contributed by atoms with E-state index in [0.29, 0.717) is 27.5 Å². The maximum atomic E-state index is 13.8. The smallest absolute Gasteiger partial charge is 0.256 e. The zero-order chi connectivity index (χ0) is 15.0. The number of nitrogens with zero attached hydrogens (tertiary/aromatic N) is 1. The molecule has 1 amide bonds. The van der Waals surface area contributed by atoms with Gasteiger partial charge in [-0.15, -0.1) is 0 Å². The molecule has 21 heavy (non-hydrogen) atoms. The summed E-state index contributed by atoms with van der Waals surface area (Å²) in [5.74, 6) is -0.722. The molecule has 0 aliphatic carbocycles. The second kappa shape index (κ2) is 5.47. The number of halogens is 3. The van der Waals surface area contributed by atoms with Gasteiger partial charge in [0.05, 0.1) is 10.7 Å². The van der Waals surface area contributed by atoms with Crippen molar-refractivity contribution in [3.63, 3.8) is 0 Å². The van der Waals surface area contributed by atoms with Crippen LogP contribution in [0.1, 0.15) is 11.1 Å². The topological polar surface area (TPSA) is 42.0 Å². The van der Waals surface area contributed by atoms with Crippen LogP contribution in [0.5, 0.6) is 0 Å². The maximum Gasteiger partial charge on any atom is 0.256 e. The van der Waals surface area contributed by atoms with Crippen molar-refractivity contribution in [1.82, 2.24) is 4.98 Å². The molecule has 106 valence electrons. The Morgan fingerprint density at radius 1 is 1.33 bits per heavy atom. The van der Waals surface area contributed by atoms with Gasteiger partial charge in [-0.2, -0.15) is 0 Å². The van der Waals surface area contributed by atoms with Crippen molar-refractivity contribution in [1.29, 1.82) is 0 Å². The first kappa shape index (κ1) is 14.0. The molecule has 2 aromatic rings. The molecule has 3 rings (SSSR count). The summed E-state index contributed by atoms with van der Waals surface area (Å²) in [4.78, 5) is 15.9. The van der Waals surface area contributed by atoms with E-state index >= 15 is 0 Å². The molecular weight excluding hydrogens is 314 g/mol. The Balaban J connectivity index is 1.94. The zero-order valence-corrected chi connectivity index (χ0v) is 12.2. The summed E-state index contributed by atoms with van der Waals surface area (Å²) in [7, 11) is 0. The molecular formula is C15H9Cl2FN2O. The van der Waals surface area contributed by atoms with Gasteiger partial charge in [-0.1, -0.05) is 41.4 Å². The lowest BCUT2D eigenvalue weighted by atomic mass is 10.1. The van der Waals surface area contributed by atoms with Gasteiger partial charge in [-0.05, 0) is 24.1 Å². The molecule has 1 N–H and O–H groups in total. The van der Waals surface area contributed by atoms with Crippen LogP contribution in [0, 0.1) is 5.82 Å². The lowest BCUT2D eigenvalue weighted by molar-refractivity contribution is -0.110. The average Bonchev–Trinajstić information content (AvgIpc) is 2.75. The van der Waals surface area contributed by atoms with Gasteiger partial charge in [0.15, 0.2) is 0 Å². The Hall–Kier alpha value is -1.91. The van der Waals surface area contributed by atoms with Crippen molar-refractivity contribution in [2.24, 2.45) is 0 Å². The number of nitrogens with one attached hydrogen (secondary N) is 1. The van der Waals surface area contributed by atoms with Crippen molar-refractivity contribution < 1.29 is 9.18 Å². The molecule has 3 nitrogen and oxygen atoms in total. The van der Waals surface area contributed by atoms with E-state index in [0.717, 1.165) is 0 Å². The third kappa shape index (κ3) is 2.64. The summed E-state index contributed by atoms with van der Waals surface area (Å²) >= 11 is 11.5. The number of rotatable bonds is 2. The van der Waals surface area contributed by atoms with Gasteiger partial charge in [0.2, 0.25) is 0 Å². The second-order valence-corrected chi connectivity index (χ2v) is 5.34.